The molecule has 5 nitrogen and oxygen atoms in total. The number of methoxy groups -OCH3 is 1. The van der Waals surface area contributed by atoms with Crippen molar-refractivity contribution in [2.45, 2.75) is 30.7 Å². The van der Waals surface area contributed by atoms with E-state index >= 15 is 0 Å². The molecule has 1 heterocycles. The maximum absolute atomic E-state index is 14.5. The molecule has 2 aromatic rings. The van der Waals surface area contributed by atoms with Crippen LogP contribution in [0.1, 0.15) is 30.9 Å². The van der Waals surface area contributed by atoms with Crippen LogP contribution in [-0.4, -0.2) is 35.7 Å². The third kappa shape index (κ3) is 4.23. The molecule has 3 rings (SSSR count). The van der Waals surface area contributed by atoms with Crippen molar-refractivity contribution >= 4 is 22.7 Å². The van der Waals surface area contributed by atoms with Crippen LogP contribution in [0.5, 0.6) is 0 Å². The third-order valence-electron chi connectivity index (χ3n) is 4.86. The number of halogens is 3. The number of hydrogen-bond donors (Lipinski definition) is 1. The average Bonchev–Trinajstić information content (AvgIpc) is 3.13. The molecule has 0 saturated heterocycles. The Morgan fingerprint density at radius 3 is 2.63 bits per heavy atom. The van der Waals surface area contributed by atoms with E-state index in [4.69, 9.17) is 10.5 Å². The van der Waals surface area contributed by atoms with Gasteiger partial charge >= 0.3 is 0 Å². The van der Waals surface area contributed by atoms with Crippen molar-refractivity contribution < 1.29 is 22.7 Å². The minimum absolute atomic E-state index is 0.0751. The maximum Gasteiger partial charge on any atom is 0.273 e. The van der Waals surface area contributed by atoms with Crippen LogP contribution < -0.4 is 5.73 Å². The molecule has 0 saturated carbocycles. The fourth-order valence-corrected chi connectivity index (χ4v) is 4.64. The Bertz CT molecular complexity index is 972. The van der Waals surface area contributed by atoms with Crippen LogP contribution >= 0.6 is 11.8 Å². The van der Waals surface area contributed by atoms with Gasteiger partial charge in [0, 0.05) is 12.7 Å². The predicted octanol–water partition coefficient (Wildman–Crippen LogP) is 3.97. The van der Waals surface area contributed by atoms with Crippen LogP contribution in [0, 0.1) is 17.5 Å². The normalized spacial score (nSPS) is 19.7. The van der Waals surface area contributed by atoms with Crippen LogP contribution in [0.2, 0.25) is 0 Å². The van der Waals surface area contributed by atoms with Gasteiger partial charge in [0.05, 0.1) is 0 Å². The van der Waals surface area contributed by atoms with Gasteiger partial charge in [-0.25, -0.2) is 18.2 Å². The number of ether oxygens (including phenoxy) is 1. The monoisotopic (exact) mass is 437 g/mol. The van der Waals surface area contributed by atoms with Gasteiger partial charge in [-0.1, -0.05) is 23.9 Å². The van der Waals surface area contributed by atoms with Gasteiger partial charge in [0.25, 0.3) is 5.91 Å². The fraction of sp³-hybridized carbons (Fsp3) is 0.333. The number of amides is 1. The predicted molar refractivity (Wildman–Crippen MR) is 110 cm³/mol. The summed E-state index contributed by atoms with van der Waals surface area (Å²) in [5, 5.41) is 5.66. The summed E-state index contributed by atoms with van der Waals surface area (Å²) in [5.74, 6) is -2.29. The van der Waals surface area contributed by atoms with E-state index in [9.17, 15) is 18.0 Å². The zero-order chi connectivity index (χ0) is 21.9. The number of thioether (sulfide) groups is 1. The fourth-order valence-electron chi connectivity index (χ4n) is 3.22. The molecule has 160 valence electrons. The standard InChI is InChI=1S/C21H22F3N3O2S/c1-13(29-2)20(28)27-21(9-4-10-25,14-5-3-6-15(22)11-14)30-19(26-27)17-12-16(23)7-8-18(17)24/h3,5-8,11-13H,4,9-10,25H2,1-2H3. The minimum atomic E-state index is -1.18. The van der Waals surface area contributed by atoms with Crippen molar-refractivity contribution in [2.75, 3.05) is 13.7 Å². The molecule has 0 fully saturated rings. The Balaban J connectivity index is 2.18. The first-order valence-corrected chi connectivity index (χ1v) is 10.2. The van der Waals surface area contributed by atoms with E-state index in [0.29, 0.717) is 24.9 Å². The van der Waals surface area contributed by atoms with E-state index in [1.54, 1.807) is 13.0 Å². The van der Waals surface area contributed by atoms with E-state index in [1.165, 1.54) is 30.3 Å². The van der Waals surface area contributed by atoms with Crippen LogP contribution in [0.15, 0.2) is 47.6 Å². The average molecular weight is 437 g/mol. The number of nitrogens with zero attached hydrogens (tertiary/aromatic N) is 2. The number of hydrogen-bond acceptors (Lipinski definition) is 5. The highest BCUT2D eigenvalue weighted by molar-refractivity contribution is 8.15. The Hall–Kier alpha value is -2.36. The molecule has 1 aliphatic heterocycles. The van der Waals surface area contributed by atoms with Crippen molar-refractivity contribution in [3.8, 4) is 0 Å². The smallest absolute Gasteiger partial charge is 0.273 e. The molecule has 0 radical (unpaired) electrons. The second-order valence-electron chi connectivity index (χ2n) is 6.85. The summed E-state index contributed by atoms with van der Waals surface area (Å²) in [6.45, 7) is 1.88. The van der Waals surface area contributed by atoms with Crippen molar-refractivity contribution in [3.05, 3.63) is 71.0 Å². The largest absolute Gasteiger partial charge is 0.372 e. The Kier molecular flexibility index (Phi) is 6.84. The van der Waals surface area contributed by atoms with Crippen molar-refractivity contribution in [1.82, 2.24) is 5.01 Å². The summed E-state index contributed by atoms with van der Waals surface area (Å²) in [5.41, 5.74) is 6.10. The van der Waals surface area contributed by atoms with Gasteiger partial charge in [0.15, 0.2) is 0 Å². The molecule has 0 aromatic heterocycles. The van der Waals surface area contributed by atoms with Crippen molar-refractivity contribution in [2.24, 2.45) is 10.8 Å². The molecule has 1 aliphatic rings. The van der Waals surface area contributed by atoms with Gasteiger partial charge in [-0.3, -0.25) is 4.79 Å². The van der Waals surface area contributed by atoms with Crippen LogP contribution in [-0.2, 0) is 14.4 Å². The summed E-state index contributed by atoms with van der Waals surface area (Å²) in [4.78, 5) is 11.9. The molecule has 2 N–H and O–H groups in total. The number of hydrazone groups is 1. The Labute approximate surface area is 177 Å². The summed E-state index contributed by atoms with van der Waals surface area (Å²) in [6.07, 6.45) is -0.0378. The maximum atomic E-state index is 14.5. The molecule has 9 heteroatoms. The second-order valence-corrected chi connectivity index (χ2v) is 8.11. The Morgan fingerprint density at radius 1 is 1.23 bits per heavy atom. The van der Waals surface area contributed by atoms with Gasteiger partial charge in [0.1, 0.15) is 33.5 Å². The van der Waals surface area contributed by atoms with E-state index in [1.807, 2.05) is 0 Å². The zero-order valence-electron chi connectivity index (χ0n) is 16.6. The lowest BCUT2D eigenvalue weighted by Gasteiger charge is -2.36. The molecule has 0 bridgehead atoms. The van der Waals surface area contributed by atoms with Crippen LogP contribution in [0.3, 0.4) is 0 Å². The van der Waals surface area contributed by atoms with Crippen LogP contribution in [0.25, 0.3) is 0 Å². The lowest BCUT2D eigenvalue weighted by Crippen LogP contribution is -2.46. The minimum Gasteiger partial charge on any atom is -0.372 e. The van der Waals surface area contributed by atoms with Crippen molar-refractivity contribution in [1.29, 1.82) is 0 Å². The number of rotatable bonds is 7. The zero-order valence-corrected chi connectivity index (χ0v) is 17.4. The summed E-state index contributed by atoms with van der Waals surface area (Å²) < 4.78 is 47.5. The molecule has 0 aliphatic carbocycles. The van der Waals surface area contributed by atoms with E-state index in [2.05, 4.69) is 5.10 Å². The van der Waals surface area contributed by atoms with E-state index < -0.39 is 34.3 Å². The van der Waals surface area contributed by atoms with Gasteiger partial charge in [-0.05, 0) is 62.2 Å². The first-order valence-electron chi connectivity index (χ1n) is 9.38. The summed E-state index contributed by atoms with van der Waals surface area (Å²) in [7, 11) is 1.38. The highest BCUT2D eigenvalue weighted by Crippen LogP contribution is 2.51. The molecule has 0 spiro atoms. The topological polar surface area (TPSA) is 67.9 Å². The summed E-state index contributed by atoms with van der Waals surface area (Å²) in [6, 6.07) is 8.82. The molecular weight excluding hydrogens is 415 g/mol. The molecule has 2 atom stereocenters. The van der Waals surface area contributed by atoms with Gasteiger partial charge in [0.2, 0.25) is 0 Å². The number of benzene rings is 2. The number of carbonyl (C=O) groups excluding carboxylic acids is 1. The quantitative estimate of drug-likeness (QED) is 0.712. The van der Waals surface area contributed by atoms with Gasteiger partial charge in [-0.15, -0.1) is 0 Å². The molecule has 30 heavy (non-hydrogen) atoms. The summed E-state index contributed by atoms with van der Waals surface area (Å²) >= 11 is 1.07. The molecule has 2 unspecified atom stereocenters. The second kappa shape index (κ2) is 9.20. The highest BCUT2D eigenvalue weighted by atomic mass is 32.2. The first-order chi connectivity index (χ1) is 14.3. The van der Waals surface area contributed by atoms with E-state index in [0.717, 1.165) is 30.0 Å². The number of nitrogens with two attached hydrogens (primary N) is 1. The third-order valence-corrected chi connectivity index (χ3v) is 6.31. The molecular formula is C21H22F3N3O2S. The first kappa shape index (κ1) is 22.3. The van der Waals surface area contributed by atoms with E-state index in [-0.39, 0.29) is 10.6 Å². The highest BCUT2D eigenvalue weighted by Gasteiger charge is 2.49. The SMILES string of the molecule is COC(C)C(=O)N1N=C(c2cc(F)ccc2F)SC1(CCCN)c1cccc(F)c1. The lowest BCUT2D eigenvalue weighted by molar-refractivity contribution is -0.144. The van der Waals surface area contributed by atoms with Crippen molar-refractivity contribution in [3.63, 3.8) is 0 Å². The Morgan fingerprint density at radius 2 is 1.97 bits per heavy atom. The molecule has 2 aromatic carbocycles. The van der Waals surface area contributed by atoms with Gasteiger partial charge < -0.3 is 10.5 Å². The van der Waals surface area contributed by atoms with Crippen LogP contribution in [0.4, 0.5) is 13.2 Å². The van der Waals surface area contributed by atoms with Gasteiger partial charge in [-0.2, -0.15) is 5.10 Å². The lowest BCUT2D eigenvalue weighted by atomic mass is 9.99. The molecule has 1 amide bonds. The number of carbonyl (C=O) groups is 1.